The minimum absolute atomic E-state index is 0.806. The molecule has 158 valence electrons. The van der Waals surface area contributed by atoms with Gasteiger partial charge in [-0.15, -0.1) is 0 Å². The molecule has 0 bridgehead atoms. The van der Waals surface area contributed by atoms with Crippen molar-refractivity contribution in [3.05, 3.63) is 157 Å². The first kappa shape index (κ1) is 20.5. The number of hydrogen-bond acceptors (Lipinski definition) is 1. The van der Waals surface area contributed by atoms with Crippen LogP contribution in [0.2, 0.25) is 0 Å². The van der Waals surface area contributed by atoms with Gasteiger partial charge < -0.3 is 4.74 Å². The lowest BCUT2D eigenvalue weighted by Crippen LogP contribution is -1.95. The van der Waals surface area contributed by atoms with Gasteiger partial charge in [-0.05, 0) is 45.5 Å². The first-order chi connectivity index (χ1) is 16.4. The van der Waals surface area contributed by atoms with E-state index in [1.807, 2.05) is 36.6 Å². The van der Waals surface area contributed by atoms with Gasteiger partial charge in [-0.3, -0.25) is 0 Å². The zero-order chi connectivity index (χ0) is 22.3. The summed E-state index contributed by atoms with van der Waals surface area (Å²) in [6, 6.07) is 47.9. The molecule has 0 saturated heterocycles. The highest BCUT2D eigenvalue weighted by Gasteiger charge is 2.12. The predicted octanol–water partition coefficient (Wildman–Crippen LogP) is 8.49. The topological polar surface area (TPSA) is 9.23 Å². The molecule has 0 aromatic heterocycles. The molecule has 0 amide bonds. The molecule has 0 aliphatic carbocycles. The van der Waals surface area contributed by atoms with Crippen molar-refractivity contribution in [1.29, 1.82) is 0 Å². The summed E-state index contributed by atoms with van der Waals surface area (Å²) in [5.41, 5.74) is 8.02. The normalized spacial score (nSPS) is 11.2. The van der Waals surface area contributed by atoms with Gasteiger partial charge in [-0.1, -0.05) is 127 Å². The Labute approximate surface area is 195 Å². The van der Waals surface area contributed by atoms with Crippen LogP contribution in [0.1, 0.15) is 11.1 Å². The highest BCUT2D eigenvalue weighted by molar-refractivity contribution is 5.88. The standard InChI is InChI=1S/C32H24O/c1-4-12-25(13-5-1)26-20-22-29(23-21-26)33-24-32(28-16-8-3-9-17-28)31-19-11-10-18-30(31)27-14-6-2-7-15-27/h1-24H/b32-24+. The maximum atomic E-state index is 6.20. The van der Waals surface area contributed by atoms with Crippen molar-refractivity contribution < 1.29 is 4.74 Å². The van der Waals surface area contributed by atoms with Crippen LogP contribution in [0, 0.1) is 0 Å². The number of rotatable bonds is 6. The third-order valence-electron chi connectivity index (χ3n) is 5.66. The molecule has 0 radical (unpaired) electrons. The van der Waals surface area contributed by atoms with E-state index in [9.17, 15) is 0 Å². The van der Waals surface area contributed by atoms with Gasteiger partial charge in [0.15, 0.2) is 0 Å². The van der Waals surface area contributed by atoms with Crippen molar-refractivity contribution in [2.24, 2.45) is 0 Å². The van der Waals surface area contributed by atoms with Gasteiger partial charge >= 0.3 is 0 Å². The van der Waals surface area contributed by atoms with E-state index in [0.29, 0.717) is 0 Å². The minimum Gasteiger partial charge on any atom is -0.464 e. The zero-order valence-corrected chi connectivity index (χ0v) is 18.3. The lowest BCUT2D eigenvalue weighted by molar-refractivity contribution is 0.483. The Morgan fingerprint density at radius 1 is 0.455 bits per heavy atom. The quantitative estimate of drug-likeness (QED) is 0.248. The van der Waals surface area contributed by atoms with Crippen molar-refractivity contribution in [3.8, 4) is 28.0 Å². The molecule has 5 aromatic carbocycles. The molecule has 0 aliphatic heterocycles. The molecule has 5 aromatic rings. The first-order valence-electron chi connectivity index (χ1n) is 11.1. The fourth-order valence-corrected chi connectivity index (χ4v) is 3.98. The fourth-order valence-electron chi connectivity index (χ4n) is 3.98. The van der Waals surface area contributed by atoms with Crippen molar-refractivity contribution in [2.75, 3.05) is 0 Å². The van der Waals surface area contributed by atoms with E-state index in [-0.39, 0.29) is 0 Å². The van der Waals surface area contributed by atoms with E-state index in [0.717, 1.165) is 22.4 Å². The van der Waals surface area contributed by atoms with Crippen LogP contribution in [0.25, 0.3) is 27.8 Å². The first-order valence-corrected chi connectivity index (χ1v) is 11.1. The zero-order valence-electron chi connectivity index (χ0n) is 18.3. The summed E-state index contributed by atoms with van der Waals surface area (Å²) < 4.78 is 6.20. The fraction of sp³-hybridized carbons (Fsp3) is 0. The molecule has 0 heterocycles. The summed E-state index contributed by atoms with van der Waals surface area (Å²) in [4.78, 5) is 0. The SMILES string of the molecule is C(/Oc1ccc(-c2ccccc2)cc1)=C(/c1ccccc1)c1ccccc1-c1ccccc1. The second kappa shape index (κ2) is 9.84. The maximum absolute atomic E-state index is 6.20. The van der Waals surface area contributed by atoms with Crippen molar-refractivity contribution >= 4 is 5.57 Å². The number of hydrogen-bond donors (Lipinski definition) is 0. The van der Waals surface area contributed by atoms with Crippen molar-refractivity contribution in [3.63, 3.8) is 0 Å². The van der Waals surface area contributed by atoms with Crippen LogP contribution in [-0.2, 0) is 0 Å². The van der Waals surface area contributed by atoms with E-state index in [2.05, 4.69) is 109 Å². The van der Waals surface area contributed by atoms with E-state index in [4.69, 9.17) is 4.74 Å². The Morgan fingerprint density at radius 2 is 0.970 bits per heavy atom. The maximum Gasteiger partial charge on any atom is 0.126 e. The van der Waals surface area contributed by atoms with Gasteiger partial charge in [0.25, 0.3) is 0 Å². The minimum atomic E-state index is 0.806. The van der Waals surface area contributed by atoms with E-state index < -0.39 is 0 Å². The van der Waals surface area contributed by atoms with Gasteiger partial charge in [-0.25, -0.2) is 0 Å². The van der Waals surface area contributed by atoms with E-state index in [1.54, 1.807) is 0 Å². The Morgan fingerprint density at radius 3 is 1.64 bits per heavy atom. The largest absolute Gasteiger partial charge is 0.464 e. The molecule has 0 spiro atoms. The van der Waals surface area contributed by atoms with E-state index >= 15 is 0 Å². The highest BCUT2D eigenvalue weighted by Crippen LogP contribution is 2.33. The van der Waals surface area contributed by atoms with Crippen molar-refractivity contribution in [1.82, 2.24) is 0 Å². The molecule has 0 fully saturated rings. The summed E-state index contributed by atoms with van der Waals surface area (Å²) >= 11 is 0. The molecule has 0 aliphatic rings. The molecule has 1 nitrogen and oxygen atoms in total. The molecule has 0 unspecified atom stereocenters. The van der Waals surface area contributed by atoms with Crippen LogP contribution in [-0.4, -0.2) is 0 Å². The summed E-state index contributed by atoms with van der Waals surface area (Å²) in [6.45, 7) is 0. The van der Waals surface area contributed by atoms with Crippen LogP contribution < -0.4 is 4.74 Å². The molecular formula is C32H24O. The second-order valence-electron chi connectivity index (χ2n) is 7.82. The van der Waals surface area contributed by atoms with Gasteiger partial charge in [0.1, 0.15) is 5.75 Å². The lowest BCUT2D eigenvalue weighted by atomic mass is 9.91. The van der Waals surface area contributed by atoms with Crippen LogP contribution in [0.4, 0.5) is 0 Å². The van der Waals surface area contributed by atoms with Crippen LogP contribution in [0.15, 0.2) is 146 Å². The highest BCUT2D eigenvalue weighted by atomic mass is 16.5. The van der Waals surface area contributed by atoms with Crippen molar-refractivity contribution in [2.45, 2.75) is 0 Å². The Bertz CT molecular complexity index is 1340. The van der Waals surface area contributed by atoms with Gasteiger partial charge in [0.05, 0.1) is 6.26 Å². The molecule has 0 saturated carbocycles. The number of benzene rings is 5. The Hall–Kier alpha value is -4.36. The predicted molar refractivity (Wildman–Crippen MR) is 138 cm³/mol. The Balaban J connectivity index is 1.51. The Kier molecular flexibility index (Phi) is 6.13. The molecule has 0 atom stereocenters. The summed E-state index contributed by atoms with van der Waals surface area (Å²) in [5.74, 6) is 0.806. The molecule has 0 N–H and O–H groups in total. The van der Waals surface area contributed by atoms with Gasteiger partial charge in [0.2, 0.25) is 0 Å². The van der Waals surface area contributed by atoms with Crippen LogP contribution in [0.3, 0.4) is 0 Å². The molecular weight excluding hydrogens is 400 g/mol. The smallest absolute Gasteiger partial charge is 0.126 e. The monoisotopic (exact) mass is 424 g/mol. The average molecular weight is 425 g/mol. The molecule has 33 heavy (non-hydrogen) atoms. The second-order valence-corrected chi connectivity index (χ2v) is 7.82. The summed E-state index contributed by atoms with van der Waals surface area (Å²) in [5, 5.41) is 0. The molecule has 5 rings (SSSR count). The van der Waals surface area contributed by atoms with E-state index in [1.165, 1.54) is 22.3 Å². The third-order valence-corrected chi connectivity index (χ3v) is 5.66. The lowest BCUT2D eigenvalue weighted by Gasteiger charge is -2.14. The van der Waals surface area contributed by atoms with Gasteiger partial charge in [-0.2, -0.15) is 0 Å². The van der Waals surface area contributed by atoms with Crippen LogP contribution >= 0.6 is 0 Å². The molecule has 1 heteroatoms. The van der Waals surface area contributed by atoms with Crippen LogP contribution in [0.5, 0.6) is 5.75 Å². The van der Waals surface area contributed by atoms with Gasteiger partial charge in [0, 0.05) is 5.57 Å². The summed E-state index contributed by atoms with van der Waals surface area (Å²) in [7, 11) is 0. The average Bonchev–Trinajstić information content (AvgIpc) is 2.91. The third kappa shape index (κ3) is 4.78. The number of ether oxygens (including phenoxy) is 1. The summed E-state index contributed by atoms with van der Waals surface area (Å²) in [6.07, 6.45) is 1.87.